The molecule has 138 valence electrons. The first-order valence-corrected chi connectivity index (χ1v) is 7.93. The number of alkyl halides is 3. The van der Waals surface area contributed by atoms with Gasteiger partial charge in [0.15, 0.2) is 5.65 Å². The third-order valence-electron chi connectivity index (χ3n) is 3.91. The summed E-state index contributed by atoms with van der Waals surface area (Å²) in [6.07, 6.45) is -1.67. The highest BCUT2D eigenvalue weighted by Crippen LogP contribution is 2.26. The first-order chi connectivity index (χ1) is 12.9. The topological polar surface area (TPSA) is 61.4 Å². The van der Waals surface area contributed by atoms with Gasteiger partial charge in [0, 0.05) is 17.1 Å². The molecule has 0 N–H and O–H groups in total. The predicted molar refractivity (Wildman–Crippen MR) is 88.1 cm³/mol. The Balaban J connectivity index is 1.75. The molecule has 0 amide bonds. The lowest BCUT2D eigenvalue weighted by molar-refractivity contribution is -0.142. The normalized spacial score (nSPS) is 12.0. The molecule has 0 saturated carbocycles. The Kier molecular flexibility index (Phi) is 4.09. The minimum atomic E-state index is -4.40. The lowest BCUT2D eigenvalue weighted by Gasteiger charge is -2.04. The van der Waals surface area contributed by atoms with Gasteiger partial charge in [-0.25, -0.2) is 18.7 Å². The van der Waals surface area contributed by atoms with Crippen molar-refractivity contribution in [3.05, 3.63) is 60.2 Å². The summed E-state index contributed by atoms with van der Waals surface area (Å²) in [6.45, 7) is -1.12. The van der Waals surface area contributed by atoms with Gasteiger partial charge in [-0.1, -0.05) is 23.4 Å². The fourth-order valence-corrected chi connectivity index (χ4v) is 2.76. The number of fused-ring (bicyclic) bond motifs is 1. The van der Waals surface area contributed by atoms with Crippen molar-refractivity contribution in [2.24, 2.45) is 0 Å². The van der Waals surface area contributed by atoms with Crippen LogP contribution in [0.2, 0.25) is 0 Å². The van der Waals surface area contributed by atoms with Crippen molar-refractivity contribution in [2.75, 3.05) is 0 Å². The molecule has 10 heteroatoms. The number of pyridine rings is 1. The molecule has 0 aliphatic carbocycles. The largest absolute Gasteiger partial charge is 0.408 e. The van der Waals surface area contributed by atoms with Crippen molar-refractivity contribution in [3.63, 3.8) is 0 Å². The van der Waals surface area contributed by atoms with Crippen LogP contribution in [0.4, 0.5) is 17.6 Å². The molecule has 3 heterocycles. The molecule has 1 aromatic carbocycles. The van der Waals surface area contributed by atoms with E-state index in [1.807, 2.05) is 0 Å². The first-order valence-electron chi connectivity index (χ1n) is 7.93. The van der Waals surface area contributed by atoms with Crippen molar-refractivity contribution >= 4 is 11.0 Å². The molecular weight excluding hydrogens is 364 g/mol. The van der Waals surface area contributed by atoms with Crippen molar-refractivity contribution < 1.29 is 17.6 Å². The molecule has 0 bridgehead atoms. The number of hydrogen-bond donors (Lipinski definition) is 0. The molecule has 0 spiro atoms. The Morgan fingerprint density at radius 2 is 1.85 bits per heavy atom. The average Bonchev–Trinajstić information content (AvgIpc) is 3.20. The van der Waals surface area contributed by atoms with E-state index in [4.69, 9.17) is 0 Å². The number of benzene rings is 1. The molecule has 0 aliphatic rings. The highest BCUT2D eigenvalue weighted by Gasteiger charge is 2.29. The number of nitrogens with zero attached hydrogens (tertiary/aromatic N) is 6. The molecule has 3 aromatic heterocycles. The van der Waals surface area contributed by atoms with Crippen LogP contribution in [0.15, 0.2) is 48.8 Å². The molecule has 4 rings (SSSR count). The van der Waals surface area contributed by atoms with Gasteiger partial charge in [-0.15, -0.1) is 5.10 Å². The first kappa shape index (κ1) is 17.1. The number of rotatable bonds is 4. The molecule has 0 atom stereocenters. The van der Waals surface area contributed by atoms with Crippen LogP contribution < -0.4 is 0 Å². The standard InChI is InChI=1S/C17H12F4N6/c18-13-6-2-1-4-11(13)8-27-16-12(5-3-7-22-16)15(24-27)14-9-26(25-23-14)10-17(19,20)21/h1-7,9H,8,10H2. The zero-order valence-electron chi connectivity index (χ0n) is 13.7. The molecule has 4 aromatic rings. The van der Waals surface area contributed by atoms with Gasteiger partial charge in [-0.2, -0.15) is 18.3 Å². The summed E-state index contributed by atoms with van der Waals surface area (Å²) in [5.74, 6) is -0.380. The molecule has 0 aliphatic heterocycles. The van der Waals surface area contributed by atoms with Gasteiger partial charge in [0.05, 0.1) is 12.7 Å². The lowest BCUT2D eigenvalue weighted by atomic mass is 10.2. The van der Waals surface area contributed by atoms with Crippen LogP contribution in [0.25, 0.3) is 22.4 Å². The highest BCUT2D eigenvalue weighted by molar-refractivity contribution is 5.89. The van der Waals surface area contributed by atoms with E-state index < -0.39 is 12.7 Å². The Labute approximate surface area is 150 Å². The van der Waals surface area contributed by atoms with Gasteiger partial charge in [0.25, 0.3) is 0 Å². The molecule has 0 unspecified atom stereocenters. The molecule has 0 fully saturated rings. The predicted octanol–water partition coefficient (Wildman–Crippen LogP) is 3.44. The summed E-state index contributed by atoms with van der Waals surface area (Å²) < 4.78 is 53.8. The van der Waals surface area contributed by atoms with E-state index in [0.717, 1.165) is 0 Å². The van der Waals surface area contributed by atoms with Gasteiger partial charge >= 0.3 is 6.18 Å². The fourth-order valence-electron chi connectivity index (χ4n) is 2.76. The summed E-state index contributed by atoms with van der Waals surface area (Å²) >= 11 is 0. The second-order valence-electron chi connectivity index (χ2n) is 5.89. The summed E-state index contributed by atoms with van der Waals surface area (Å²) in [4.78, 5) is 4.26. The zero-order chi connectivity index (χ0) is 19.0. The molecular formula is C17H12F4N6. The van der Waals surface area contributed by atoms with Crippen LogP contribution in [0.3, 0.4) is 0 Å². The van der Waals surface area contributed by atoms with Gasteiger partial charge in [-0.05, 0) is 18.2 Å². The Hall–Kier alpha value is -3.30. The summed E-state index contributed by atoms with van der Waals surface area (Å²) in [6, 6.07) is 9.68. The van der Waals surface area contributed by atoms with Crippen LogP contribution in [0.5, 0.6) is 0 Å². The smallest absolute Gasteiger partial charge is 0.243 e. The van der Waals surface area contributed by atoms with Crippen LogP contribution in [0, 0.1) is 5.82 Å². The monoisotopic (exact) mass is 376 g/mol. The Morgan fingerprint density at radius 3 is 2.63 bits per heavy atom. The molecule has 6 nitrogen and oxygen atoms in total. The van der Waals surface area contributed by atoms with Crippen molar-refractivity contribution in [2.45, 2.75) is 19.3 Å². The highest BCUT2D eigenvalue weighted by atomic mass is 19.4. The van der Waals surface area contributed by atoms with Crippen LogP contribution in [-0.4, -0.2) is 35.9 Å². The minimum absolute atomic E-state index is 0.122. The Bertz CT molecular complexity index is 1100. The van der Waals surface area contributed by atoms with Crippen LogP contribution >= 0.6 is 0 Å². The fraction of sp³-hybridized carbons (Fsp3) is 0.176. The van der Waals surface area contributed by atoms with E-state index in [0.29, 0.717) is 27.0 Å². The molecule has 0 saturated heterocycles. The quantitative estimate of drug-likeness (QED) is 0.512. The second-order valence-corrected chi connectivity index (χ2v) is 5.89. The van der Waals surface area contributed by atoms with Gasteiger partial charge in [0.1, 0.15) is 23.7 Å². The van der Waals surface area contributed by atoms with E-state index in [-0.39, 0.29) is 18.1 Å². The van der Waals surface area contributed by atoms with E-state index in [2.05, 4.69) is 20.4 Å². The molecule has 0 radical (unpaired) electrons. The van der Waals surface area contributed by atoms with E-state index >= 15 is 0 Å². The van der Waals surface area contributed by atoms with Gasteiger partial charge in [0.2, 0.25) is 0 Å². The van der Waals surface area contributed by atoms with Gasteiger partial charge < -0.3 is 0 Å². The van der Waals surface area contributed by atoms with E-state index in [9.17, 15) is 17.6 Å². The van der Waals surface area contributed by atoms with Crippen LogP contribution in [-0.2, 0) is 13.1 Å². The number of aromatic nitrogens is 6. The summed E-state index contributed by atoms with van der Waals surface area (Å²) in [5, 5.41) is 12.3. The second kappa shape index (κ2) is 6.45. The minimum Gasteiger partial charge on any atom is -0.243 e. The molecule has 27 heavy (non-hydrogen) atoms. The van der Waals surface area contributed by atoms with Crippen LogP contribution in [0.1, 0.15) is 5.56 Å². The van der Waals surface area contributed by atoms with Crippen molar-refractivity contribution in [1.82, 2.24) is 29.8 Å². The maximum absolute atomic E-state index is 14.0. The van der Waals surface area contributed by atoms with E-state index in [1.54, 1.807) is 36.5 Å². The third kappa shape index (κ3) is 3.50. The zero-order valence-corrected chi connectivity index (χ0v) is 13.7. The maximum atomic E-state index is 14.0. The average molecular weight is 376 g/mol. The van der Waals surface area contributed by atoms with Crippen molar-refractivity contribution in [1.29, 1.82) is 0 Å². The summed E-state index contributed by atoms with van der Waals surface area (Å²) in [7, 11) is 0. The maximum Gasteiger partial charge on any atom is 0.408 e. The van der Waals surface area contributed by atoms with E-state index in [1.165, 1.54) is 16.9 Å². The third-order valence-corrected chi connectivity index (χ3v) is 3.91. The van der Waals surface area contributed by atoms with Crippen molar-refractivity contribution in [3.8, 4) is 11.4 Å². The Morgan fingerprint density at radius 1 is 1.04 bits per heavy atom. The SMILES string of the molecule is Fc1ccccc1Cn1nc(-c2cn(CC(F)(F)F)nn2)c2cccnc21. The lowest BCUT2D eigenvalue weighted by Crippen LogP contribution is -2.17. The number of halogens is 4. The number of hydrogen-bond acceptors (Lipinski definition) is 4. The van der Waals surface area contributed by atoms with Gasteiger partial charge in [-0.3, -0.25) is 0 Å². The summed E-state index contributed by atoms with van der Waals surface area (Å²) in [5.41, 5.74) is 1.41.